The molecule has 1 aromatic carbocycles. The van der Waals surface area contributed by atoms with Crippen LogP contribution in [0.4, 0.5) is 14.6 Å². The van der Waals surface area contributed by atoms with Crippen LogP contribution in [-0.2, 0) is 11.3 Å². The van der Waals surface area contributed by atoms with Crippen LogP contribution in [0.2, 0.25) is 0 Å². The van der Waals surface area contributed by atoms with Crippen LogP contribution >= 0.6 is 0 Å². The molecule has 2 fully saturated rings. The summed E-state index contributed by atoms with van der Waals surface area (Å²) in [6, 6.07) is 7.30. The van der Waals surface area contributed by atoms with Crippen molar-refractivity contribution < 1.29 is 13.5 Å². The van der Waals surface area contributed by atoms with E-state index in [0.717, 1.165) is 67.5 Å². The van der Waals surface area contributed by atoms with Crippen molar-refractivity contribution in [1.82, 2.24) is 34.0 Å². The first-order chi connectivity index (χ1) is 19.2. The largest absolute Gasteiger partial charge is 0.376 e. The van der Waals surface area contributed by atoms with Crippen LogP contribution in [-0.4, -0.2) is 71.9 Å². The molecule has 5 heterocycles. The lowest BCUT2D eigenvalue weighted by atomic mass is 9.91. The highest BCUT2D eigenvalue weighted by atomic mass is 19.3. The molecule has 0 saturated carbocycles. The standard InChI is InChI=1S/C29H38F2N8O/c1-17(2)25(21-8-10-22(11-9-21)26(30)31)36-13-19(4)37(14-18(36)3)27-24-28(39-16-32-35-29(39)34-27)38(20(5)33-24)15-23-7-6-12-40-23/h8-11,16-19,23,25-26H,6-7,12-15H2,1-5H3/t18-,19+,23+,25-/m1/s1. The van der Waals surface area contributed by atoms with Gasteiger partial charge in [0, 0.05) is 43.4 Å². The van der Waals surface area contributed by atoms with E-state index in [4.69, 9.17) is 14.7 Å². The first-order valence-corrected chi connectivity index (χ1v) is 14.3. The van der Waals surface area contributed by atoms with Crippen LogP contribution in [0.3, 0.4) is 0 Å². The van der Waals surface area contributed by atoms with Crippen molar-refractivity contribution >= 4 is 22.8 Å². The second-order valence-corrected chi connectivity index (χ2v) is 11.7. The fourth-order valence-corrected chi connectivity index (χ4v) is 6.59. The third-order valence-corrected chi connectivity index (χ3v) is 8.54. The number of ether oxygens (including phenoxy) is 1. The Hall–Kier alpha value is -3.18. The Morgan fingerprint density at radius 1 is 1.02 bits per heavy atom. The second kappa shape index (κ2) is 10.7. The molecule has 11 heteroatoms. The number of benzene rings is 1. The van der Waals surface area contributed by atoms with Crippen LogP contribution in [0.15, 0.2) is 30.6 Å². The number of halogens is 2. The molecule has 0 N–H and O–H groups in total. The zero-order chi connectivity index (χ0) is 28.1. The van der Waals surface area contributed by atoms with Gasteiger partial charge in [0.2, 0.25) is 0 Å². The van der Waals surface area contributed by atoms with Gasteiger partial charge in [0.1, 0.15) is 17.7 Å². The topological polar surface area (TPSA) is 76.6 Å². The maximum Gasteiger partial charge on any atom is 0.263 e. The molecular weight excluding hydrogens is 514 g/mol. The smallest absolute Gasteiger partial charge is 0.263 e. The SMILES string of the molecule is Cc1nc2c(N3C[C@@H](C)N([C@@H](c4ccc(C(F)F)cc4)C(C)C)C[C@@H]3C)nc3nncn3c2n1C[C@@H]1CCCO1. The number of hydrogen-bond acceptors (Lipinski definition) is 7. The van der Waals surface area contributed by atoms with E-state index < -0.39 is 6.43 Å². The first-order valence-electron chi connectivity index (χ1n) is 14.3. The fourth-order valence-electron chi connectivity index (χ4n) is 6.59. The van der Waals surface area contributed by atoms with Crippen molar-refractivity contribution in [2.45, 2.75) is 84.7 Å². The molecule has 2 saturated heterocycles. The van der Waals surface area contributed by atoms with Crippen LogP contribution in [0.5, 0.6) is 0 Å². The number of nitrogens with zero attached hydrogens (tertiary/aromatic N) is 8. The van der Waals surface area contributed by atoms with E-state index >= 15 is 0 Å². The molecule has 2 aliphatic rings. The lowest BCUT2D eigenvalue weighted by molar-refractivity contribution is 0.0821. The van der Waals surface area contributed by atoms with Crippen molar-refractivity contribution in [2.24, 2.45) is 5.92 Å². The van der Waals surface area contributed by atoms with Gasteiger partial charge < -0.3 is 14.2 Å². The minimum atomic E-state index is -2.46. The number of imidazole rings is 1. The minimum absolute atomic E-state index is 0.0608. The maximum atomic E-state index is 13.2. The van der Waals surface area contributed by atoms with Gasteiger partial charge in [-0.15, -0.1) is 10.2 Å². The molecular formula is C29H38F2N8O. The fraction of sp³-hybridized carbons (Fsp3) is 0.586. The zero-order valence-electron chi connectivity index (χ0n) is 23.8. The van der Waals surface area contributed by atoms with E-state index in [1.807, 2.05) is 23.5 Å². The van der Waals surface area contributed by atoms with Crippen LogP contribution in [0.1, 0.15) is 70.0 Å². The van der Waals surface area contributed by atoms with Gasteiger partial charge >= 0.3 is 0 Å². The minimum Gasteiger partial charge on any atom is -0.376 e. The molecule has 6 rings (SSSR count). The molecule has 9 nitrogen and oxygen atoms in total. The van der Waals surface area contributed by atoms with E-state index in [2.05, 4.69) is 52.3 Å². The summed E-state index contributed by atoms with van der Waals surface area (Å²) in [5, 5.41) is 8.48. The second-order valence-electron chi connectivity index (χ2n) is 11.7. The highest BCUT2D eigenvalue weighted by Crippen LogP contribution is 2.37. The van der Waals surface area contributed by atoms with Gasteiger partial charge in [-0.3, -0.25) is 4.90 Å². The Morgan fingerprint density at radius 2 is 1.77 bits per heavy atom. The van der Waals surface area contributed by atoms with Gasteiger partial charge in [-0.2, -0.15) is 4.98 Å². The van der Waals surface area contributed by atoms with Gasteiger partial charge in [-0.1, -0.05) is 38.1 Å². The van der Waals surface area contributed by atoms with Crippen molar-refractivity contribution in [3.8, 4) is 0 Å². The molecule has 0 amide bonds. The van der Waals surface area contributed by atoms with Crippen molar-refractivity contribution in [3.05, 3.63) is 47.5 Å². The molecule has 4 atom stereocenters. The number of alkyl halides is 2. The van der Waals surface area contributed by atoms with E-state index in [1.54, 1.807) is 18.5 Å². The molecule has 0 aliphatic carbocycles. The number of piperazine rings is 1. The van der Waals surface area contributed by atoms with Gasteiger partial charge in [-0.05, 0) is 45.1 Å². The first kappa shape index (κ1) is 27.0. The predicted molar refractivity (Wildman–Crippen MR) is 150 cm³/mol. The molecule has 2 aliphatic heterocycles. The lowest BCUT2D eigenvalue weighted by Crippen LogP contribution is -2.58. The normalized spacial score (nSPS) is 23.3. The number of aryl methyl sites for hydroxylation is 1. The summed E-state index contributed by atoms with van der Waals surface area (Å²) in [4.78, 5) is 14.8. The number of fused-ring (bicyclic) bond motifs is 3. The van der Waals surface area contributed by atoms with E-state index in [1.165, 1.54) is 0 Å². The molecule has 0 unspecified atom stereocenters. The number of aromatic nitrogens is 6. The summed E-state index contributed by atoms with van der Waals surface area (Å²) >= 11 is 0. The summed E-state index contributed by atoms with van der Waals surface area (Å²) in [7, 11) is 0. The highest BCUT2D eigenvalue weighted by molar-refractivity contribution is 5.87. The summed E-state index contributed by atoms with van der Waals surface area (Å²) < 4.78 is 36.5. The molecule has 40 heavy (non-hydrogen) atoms. The Bertz CT molecular complexity index is 1480. The van der Waals surface area contributed by atoms with Gasteiger partial charge in [0.15, 0.2) is 11.5 Å². The Kier molecular flexibility index (Phi) is 7.20. The average Bonchev–Trinajstić information content (AvgIpc) is 3.67. The molecule has 4 aromatic rings. The third kappa shape index (κ3) is 4.72. The van der Waals surface area contributed by atoms with Crippen LogP contribution in [0, 0.1) is 12.8 Å². The van der Waals surface area contributed by atoms with Gasteiger partial charge in [-0.25, -0.2) is 18.2 Å². The number of rotatable bonds is 7. The average molecular weight is 553 g/mol. The zero-order valence-corrected chi connectivity index (χ0v) is 23.8. The molecule has 3 aromatic heterocycles. The van der Waals surface area contributed by atoms with Gasteiger partial charge in [0.05, 0.1) is 12.6 Å². The molecule has 0 spiro atoms. The Labute approximate surface area is 233 Å². The van der Waals surface area contributed by atoms with Crippen LogP contribution in [0.25, 0.3) is 16.9 Å². The van der Waals surface area contributed by atoms with Gasteiger partial charge in [0.25, 0.3) is 12.2 Å². The Morgan fingerprint density at radius 3 is 2.45 bits per heavy atom. The monoisotopic (exact) mass is 552 g/mol. The molecule has 0 radical (unpaired) electrons. The summed E-state index contributed by atoms with van der Waals surface area (Å²) in [5.41, 5.74) is 2.92. The Balaban J connectivity index is 1.34. The summed E-state index contributed by atoms with van der Waals surface area (Å²) in [5.74, 6) is 2.61. The number of hydrogen-bond donors (Lipinski definition) is 0. The lowest BCUT2D eigenvalue weighted by Gasteiger charge is -2.49. The van der Waals surface area contributed by atoms with E-state index in [9.17, 15) is 8.78 Å². The number of anilines is 1. The predicted octanol–water partition coefficient (Wildman–Crippen LogP) is 5.20. The van der Waals surface area contributed by atoms with Crippen molar-refractivity contribution in [3.63, 3.8) is 0 Å². The van der Waals surface area contributed by atoms with E-state index in [-0.39, 0.29) is 29.8 Å². The summed E-state index contributed by atoms with van der Waals surface area (Å²) in [6.45, 7) is 14.0. The molecule has 0 bridgehead atoms. The van der Waals surface area contributed by atoms with Crippen molar-refractivity contribution in [1.29, 1.82) is 0 Å². The van der Waals surface area contributed by atoms with Crippen LogP contribution < -0.4 is 4.90 Å². The maximum absolute atomic E-state index is 13.2. The van der Waals surface area contributed by atoms with Crippen molar-refractivity contribution in [2.75, 3.05) is 24.6 Å². The molecule has 214 valence electrons. The third-order valence-electron chi connectivity index (χ3n) is 8.54. The summed E-state index contributed by atoms with van der Waals surface area (Å²) in [6.07, 6.45) is 1.54. The highest BCUT2D eigenvalue weighted by Gasteiger charge is 2.37. The van der Waals surface area contributed by atoms with E-state index in [0.29, 0.717) is 11.7 Å². The quantitative estimate of drug-likeness (QED) is 0.312.